The van der Waals surface area contributed by atoms with Crippen molar-refractivity contribution < 1.29 is 14.3 Å². The zero-order valence-electron chi connectivity index (χ0n) is 13.5. The van der Waals surface area contributed by atoms with Gasteiger partial charge in [0, 0.05) is 45.9 Å². The van der Waals surface area contributed by atoms with E-state index >= 15 is 0 Å². The van der Waals surface area contributed by atoms with Gasteiger partial charge in [-0.15, -0.1) is 0 Å². The van der Waals surface area contributed by atoms with Crippen molar-refractivity contribution in [3.63, 3.8) is 0 Å². The molecule has 0 aromatic heterocycles. The molecule has 21 heavy (non-hydrogen) atoms. The van der Waals surface area contributed by atoms with Crippen LogP contribution in [0.2, 0.25) is 0 Å². The van der Waals surface area contributed by atoms with Gasteiger partial charge in [-0.2, -0.15) is 0 Å². The van der Waals surface area contributed by atoms with Crippen molar-refractivity contribution in [2.45, 2.75) is 44.9 Å². The fraction of sp³-hybridized carbons (Fsp3) is 0.933. The minimum absolute atomic E-state index is 0.0273. The van der Waals surface area contributed by atoms with Gasteiger partial charge in [-0.1, -0.05) is 0 Å². The van der Waals surface area contributed by atoms with Gasteiger partial charge in [0.2, 0.25) is 0 Å². The molecule has 0 bridgehead atoms. The Morgan fingerprint density at radius 2 is 1.95 bits per heavy atom. The number of ether oxygens (including phenoxy) is 2. The van der Waals surface area contributed by atoms with Crippen LogP contribution in [0, 0.1) is 0 Å². The van der Waals surface area contributed by atoms with Crippen LogP contribution in [0.25, 0.3) is 0 Å². The van der Waals surface area contributed by atoms with Crippen molar-refractivity contribution in [2.75, 3.05) is 46.4 Å². The zero-order valence-corrected chi connectivity index (χ0v) is 13.5. The van der Waals surface area contributed by atoms with E-state index in [4.69, 9.17) is 9.47 Å². The second-order valence-corrected chi connectivity index (χ2v) is 6.15. The topological polar surface area (TPSA) is 54.0 Å². The fourth-order valence-corrected chi connectivity index (χ4v) is 2.89. The van der Waals surface area contributed by atoms with Crippen LogP contribution in [-0.4, -0.2) is 80.5 Å². The van der Waals surface area contributed by atoms with Crippen LogP contribution >= 0.6 is 0 Å². The molecule has 0 unspecified atom stereocenters. The fourth-order valence-electron chi connectivity index (χ4n) is 2.89. The van der Waals surface area contributed by atoms with Gasteiger partial charge in [0.05, 0.1) is 18.8 Å². The lowest BCUT2D eigenvalue weighted by molar-refractivity contribution is -0.0545. The summed E-state index contributed by atoms with van der Waals surface area (Å²) in [6.45, 7) is 8.66. The SMILES string of the molecule is COCCN(CCNC(=O)N1C[C@@H](C)O[C@H](C)C1)C1CC1. The summed E-state index contributed by atoms with van der Waals surface area (Å²) in [6, 6.07) is 0.722. The number of rotatable bonds is 7. The van der Waals surface area contributed by atoms with Crippen molar-refractivity contribution in [2.24, 2.45) is 0 Å². The lowest BCUT2D eigenvalue weighted by Crippen LogP contribution is -2.52. The molecule has 2 rings (SSSR count). The lowest BCUT2D eigenvalue weighted by Gasteiger charge is -2.35. The summed E-state index contributed by atoms with van der Waals surface area (Å²) in [7, 11) is 1.73. The van der Waals surface area contributed by atoms with Gasteiger partial charge in [-0.25, -0.2) is 4.79 Å². The van der Waals surface area contributed by atoms with Crippen LogP contribution in [-0.2, 0) is 9.47 Å². The van der Waals surface area contributed by atoms with Gasteiger partial charge in [0.1, 0.15) is 0 Å². The normalized spacial score (nSPS) is 26.2. The van der Waals surface area contributed by atoms with Gasteiger partial charge < -0.3 is 19.7 Å². The Kier molecular flexibility index (Phi) is 6.26. The van der Waals surface area contributed by atoms with E-state index in [2.05, 4.69) is 10.2 Å². The minimum Gasteiger partial charge on any atom is -0.383 e. The van der Waals surface area contributed by atoms with Crippen molar-refractivity contribution in [3.05, 3.63) is 0 Å². The van der Waals surface area contributed by atoms with Crippen molar-refractivity contribution in [3.8, 4) is 0 Å². The highest BCUT2D eigenvalue weighted by molar-refractivity contribution is 5.74. The second kappa shape index (κ2) is 7.96. The Bertz CT molecular complexity index is 326. The molecule has 0 spiro atoms. The molecule has 1 aliphatic carbocycles. The van der Waals surface area contributed by atoms with E-state index in [-0.39, 0.29) is 18.2 Å². The lowest BCUT2D eigenvalue weighted by atomic mass is 10.2. The Hall–Kier alpha value is -0.850. The third-order valence-corrected chi connectivity index (χ3v) is 4.03. The summed E-state index contributed by atoms with van der Waals surface area (Å²) in [5.74, 6) is 0. The number of carbonyl (C=O) groups is 1. The average Bonchev–Trinajstić information content (AvgIpc) is 3.25. The van der Waals surface area contributed by atoms with E-state index in [9.17, 15) is 4.79 Å². The van der Waals surface area contributed by atoms with Gasteiger partial charge >= 0.3 is 6.03 Å². The molecule has 1 heterocycles. The zero-order chi connectivity index (χ0) is 15.2. The summed E-state index contributed by atoms with van der Waals surface area (Å²) in [5.41, 5.74) is 0. The Labute approximate surface area is 127 Å². The first-order chi connectivity index (χ1) is 10.1. The maximum absolute atomic E-state index is 12.2. The Morgan fingerprint density at radius 3 is 2.52 bits per heavy atom. The van der Waals surface area contributed by atoms with Gasteiger partial charge in [-0.05, 0) is 26.7 Å². The van der Waals surface area contributed by atoms with Crippen LogP contribution in [0.1, 0.15) is 26.7 Å². The second-order valence-electron chi connectivity index (χ2n) is 6.15. The molecule has 2 fully saturated rings. The molecule has 1 N–H and O–H groups in total. The number of hydrogen-bond donors (Lipinski definition) is 1. The molecule has 2 atom stereocenters. The molecule has 1 saturated heterocycles. The molecule has 2 amide bonds. The third-order valence-electron chi connectivity index (χ3n) is 4.03. The first-order valence-corrected chi connectivity index (χ1v) is 8.01. The van der Waals surface area contributed by atoms with E-state index in [0.29, 0.717) is 25.7 Å². The van der Waals surface area contributed by atoms with Crippen LogP contribution in [0.4, 0.5) is 4.79 Å². The molecule has 1 saturated carbocycles. The number of carbonyl (C=O) groups excluding carboxylic acids is 1. The van der Waals surface area contributed by atoms with Crippen molar-refractivity contribution >= 4 is 6.03 Å². The summed E-state index contributed by atoms with van der Waals surface area (Å²) in [4.78, 5) is 16.5. The smallest absolute Gasteiger partial charge is 0.317 e. The largest absolute Gasteiger partial charge is 0.383 e. The maximum atomic E-state index is 12.2. The number of morpholine rings is 1. The highest BCUT2D eigenvalue weighted by Gasteiger charge is 2.29. The van der Waals surface area contributed by atoms with Crippen LogP contribution < -0.4 is 5.32 Å². The summed E-state index contributed by atoms with van der Waals surface area (Å²) in [5, 5.41) is 3.03. The highest BCUT2D eigenvalue weighted by Crippen LogP contribution is 2.25. The monoisotopic (exact) mass is 299 g/mol. The number of nitrogens with zero attached hydrogens (tertiary/aromatic N) is 2. The molecular formula is C15H29N3O3. The summed E-state index contributed by atoms with van der Waals surface area (Å²) < 4.78 is 10.8. The molecule has 6 nitrogen and oxygen atoms in total. The van der Waals surface area contributed by atoms with E-state index in [1.165, 1.54) is 12.8 Å². The molecular weight excluding hydrogens is 270 g/mol. The highest BCUT2D eigenvalue weighted by atomic mass is 16.5. The van der Waals surface area contributed by atoms with Crippen LogP contribution in [0.15, 0.2) is 0 Å². The predicted molar refractivity (Wildman–Crippen MR) is 81.5 cm³/mol. The van der Waals surface area contributed by atoms with Gasteiger partial charge in [0.15, 0.2) is 0 Å². The molecule has 2 aliphatic rings. The Balaban J connectivity index is 1.68. The maximum Gasteiger partial charge on any atom is 0.317 e. The third kappa shape index (κ3) is 5.45. The molecule has 0 aromatic rings. The molecule has 1 aliphatic heterocycles. The molecule has 0 aromatic carbocycles. The predicted octanol–water partition coefficient (Wildman–Crippen LogP) is 0.916. The van der Waals surface area contributed by atoms with E-state index in [1.54, 1.807) is 7.11 Å². The van der Waals surface area contributed by atoms with Crippen molar-refractivity contribution in [1.29, 1.82) is 0 Å². The summed E-state index contributed by atoms with van der Waals surface area (Å²) in [6.07, 6.45) is 2.78. The van der Waals surface area contributed by atoms with Gasteiger partial charge in [-0.3, -0.25) is 4.90 Å². The number of amides is 2. The van der Waals surface area contributed by atoms with E-state index in [1.807, 2.05) is 18.7 Å². The Morgan fingerprint density at radius 1 is 1.29 bits per heavy atom. The number of nitrogens with one attached hydrogen (secondary N) is 1. The van der Waals surface area contributed by atoms with E-state index in [0.717, 1.165) is 19.7 Å². The minimum atomic E-state index is 0.0273. The van der Waals surface area contributed by atoms with Crippen LogP contribution in [0.3, 0.4) is 0 Å². The van der Waals surface area contributed by atoms with Crippen LogP contribution in [0.5, 0.6) is 0 Å². The number of methoxy groups -OCH3 is 1. The molecule has 122 valence electrons. The molecule has 6 heteroatoms. The first kappa shape index (κ1) is 16.5. The number of urea groups is 1. The number of hydrogen-bond acceptors (Lipinski definition) is 4. The molecule has 0 radical (unpaired) electrons. The first-order valence-electron chi connectivity index (χ1n) is 8.01. The quantitative estimate of drug-likeness (QED) is 0.759. The summed E-state index contributed by atoms with van der Waals surface area (Å²) >= 11 is 0. The standard InChI is InChI=1S/C15H29N3O3/c1-12-10-18(11-13(2)21-12)15(19)16-6-7-17(8-9-20-3)14-4-5-14/h12-14H,4-11H2,1-3H3,(H,16,19)/t12-,13-/m1/s1. The van der Waals surface area contributed by atoms with E-state index < -0.39 is 0 Å². The van der Waals surface area contributed by atoms with Crippen molar-refractivity contribution in [1.82, 2.24) is 15.1 Å². The van der Waals surface area contributed by atoms with Gasteiger partial charge in [0.25, 0.3) is 0 Å². The average molecular weight is 299 g/mol.